The summed E-state index contributed by atoms with van der Waals surface area (Å²) in [5, 5.41) is 0. The van der Waals surface area contributed by atoms with Gasteiger partial charge in [-0.2, -0.15) is 4.31 Å². The normalized spacial score (nSPS) is 15.7. The second-order valence-corrected chi connectivity index (χ2v) is 8.63. The molecule has 0 saturated carbocycles. The molecule has 0 amide bonds. The van der Waals surface area contributed by atoms with Gasteiger partial charge >= 0.3 is 0 Å². The number of rotatable bonds is 4. The number of hydrogen-bond donors (Lipinski definition) is 0. The Hall–Kier alpha value is -2.84. The molecule has 4 rings (SSSR count). The first-order valence-electron chi connectivity index (χ1n) is 9.03. The molecule has 2 heterocycles. The van der Waals surface area contributed by atoms with E-state index in [2.05, 4.69) is 9.97 Å². The Morgan fingerprint density at radius 1 is 0.964 bits per heavy atom. The van der Waals surface area contributed by atoms with Crippen molar-refractivity contribution in [3.05, 3.63) is 60.3 Å². The molecule has 0 N–H and O–H groups in total. The summed E-state index contributed by atoms with van der Waals surface area (Å²) in [5.41, 5.74) is 2.04. The predicted molar refractivity (Wildman–Crippen MR) is 107 cm³/mol. The zero-order valence-corrected chi connectivity index (χ0v) is 16.3. The van der Waals surface area contributed by atoms with Gasteiger partial charge in [0.15, 0.2) is 5.78 Å². The van der Waals surface area contributed by atoms with E-state index in [1.54, 1.807) is 18.3 Å². The van der Waals surface area contributed by atoms with Crippen molar-refractivity contribution in [2.24, 2.45) is 0 Å². The zero-order valence-electron chi connectivity index (χ0n) is 15.4. The summed E-state index contributed by atoms with van der Waals surface area (Å²) in [6, 6.07) is 13.9. The van der Waals surface area contributed by atoms with Crippen LogP contribution in [0.15, 0.2) is 59.6 Å². The Labute approximate surface area is 163 Å². The summed E-state index contributed by atoms with van der Waals surface area (Å²) >= 11 is 0. The smallest absolute Gasteiger partial charge is 0.243 e. The predicted octanol–water partition coefficient (Wildman–Crippen LogP) is 2.34. The summed E-state index contributed by atoms with van der Waals surface area (Å²) in [4.78, 5) is 22.8. The molecule has 0 unspecified atom stereocenters. The molecule has 8 heteroatoms. The van der Waals surface area contributed by atoms with Gasteiger partial charge in [-0.1, -0.05) is 24.3 Å². The molecular weight excluding hydrogens is 376 g/mol. The molecule has 1 fully saturated rings. The number of Topliss-reactive ketones (excluding diaryl/α,β-unsaturated/α-hetero) is 1. The van der Waals surface area contributed by atoms with Crippen molar-refractivity contribution in [2.45, 2.75) is 11.8 Å². The van der Waals surface area contributed by atoms with E-state index in [4.69, 9.17) is 0 Å². The van der Waals surface area contributed by atoms with Crippen molar-refractivity contribution in [3.63, 3.8) is 0 Å². The van der Waals surface area contributed by atoms with Crippen LogP contribution in [0.3, 0.4) is 0 Å². The van der Waals surface area contributed by atoms with E-state index in [1.807, 2.05) is 29.2 Å². The number of nitrogens with zero attached hydrogens (tertiary/aromatic N) is 4. The topological polar surface area (TPSA) is 83.5 Å². The number of aromatic nitrogens is 2. The van der Waals surface area contributed by atoms with Gasteiger partial charge in [0.05, 0.1) is 22.1 Å². The van der Waals surface area contributed by atoms with Gasteiger partial charge < -0.3 is 4.90 Å². The Morgan fingerprint density at radius 3 is 2.39 bits per heavy atom. The highest BCUT2D eigenvalue weighted by atomic mass is 32.2. The number of piperazine rings is 1. The van der Waals surface area contributed by atoms with Gasteiger partial charge in [0, 0.05) is 31.7 Å². The lowest BCUT2D eigenvalue weighted by atomic mass is 10.2. The van der Waals surface area contributed by atoms with Gasteiger partial charge in [-0.25, -0.2) is 13.4 Å². The van der Waals surface area contributed by atoms with Gasteiger partial charge in [0.1, 0.15) is 5.82 Å². The van der Waals surface area contributed by atoms with Crippen LogP contribution in [0.4, 0.5) is 5.82 Å². The lowest BCUT2D eigenvalue weighted by molar-refractivity contribution is 0.101. The standard InChI is InChI=1S/C20H20N4O3S/c1-15(25)16-5-4-6-17(13-16)28(26,27)24-11-9-23(10-12-24)20-14-21-18-7-2-3-8-19(18)22-20/h2-8,13-14H,9-12H2,1H3. The summed E-state index contributed by atoms with van der Waals surface area (Å²) in [5.74, 6) is 0.589. The van der Waals surface area contributed by atoms with E-state index in [-0.39, 0.29) is 10.7 Å². The average molecular weight is 396 g/mol. The second kappa shape index (κ2) is 7.29. The van der Waals surface area contributed by atoms with Crippen molar-refractivity contribution in [3.8, 4) is 0 Å². The van der Waals surface area contributed by atoms with Crippen LogP contribution in [0, 0.1) is 0 Å². The maximum atomic E-state index is 12.9. The largest absolute Gasteiger partial charge is 0.353 e. The molecule has 144 valence electrons. The molecule has 0 radical (unpaired) electrons. The molecule has 28 heavy (non-hydrogen) atoms. The Balaban J connectivity index is 1.51. The molecule has 3 aromatic rings. The lowest BCUT2D eigenvalue weighted by Crippen LogP contribution is -2.49. The highest BCUT2D eigenvalue weighted by Gasteiger charge is 2.29. The summed E-state index contributed by atoms with van der Waals surface area (Å²) < 4.78 is 27.4. The Kier molecular flexibility index (Phi) is 4.82. The van der Waals surface area contributed by atoms with Crippen LogP contribution in [-0.4, -0.2) is 54.7 Å². The fourth-order valence-corrected chi connectivity index (χ4v) is 4.75. The molecule has 0 spiro atoms. The van der Waals surface area contributed by atoms with Gasteiger partial charge in [0.2, 0.25) is 10.0 Å². The molecule has 0 bridgehead atoms. The highest BCUT2D eigenvalue weighted by Crippen LogP contribution is 2.22. The molecule has 0 atom stereocenters. The minimum absolute atomic E-state index is 0.152. The van der Waals surface area contributed by atoms with Gasteiger partial charge in [-0.05, 0) is 31.2 Å². The van der Waals surface area contributed by atoms with E-state index < -0.39 is 10.0 Å². The third kappa shape index (κ3) is 3.48. The van der Waals surface area contributed by atoms with Crippen LogP contribution in [0.5, 0.6) is 0 Å². The molecular formula is C20H20N4O3S. The molecule has 1 aromatic heterocycles. The minimum Gasteiger partial charge on any atom is -0.353 e. The molecule has 1 saturated heterocycles. The summed E-state index contributed by atoms with van der Waals surface area (Å²) in [6.07, 6.45) is 1.73. The number of carbonyl (C=O) groups is 1. The first-order valence-corrected chi connectivity index (χ1v) is 10.5. The number of benzene rings is 2. The number of sulfonamides is 1. The van der Waals surface area contributed by atoms with Gasteiger partial charge in [-0.15, -0.1) is 0 Å². The number of fused-ring (bicyclic) bond motifs is 1. The first kappa shape index (κ1) is 18.5. The fourth-order valence-electron chi connectivity index (χ4n) is 3.28. The maximum absolute atomic E-state index is 12.9. The number of hydrogen-bond acceptors (Lipinski definition) is 6. The number of carbonyl (C=O) groups excluding carboxylic acids is 1. The van der Waals surface area contributed by atoms with E-state index in [9.17, 15) is 13.2 Å². The van der Waals surface area contributed by atoms with Crippen molar-refractivity contribution >= 4 is 32.7 Å². The zero-order chi connectivity index (χ0) is 19.7. The number of para-hydroxylation sites is 2. The van der Waals surface area contributed by atoms with E-state index in [1.165, 1.54) is 23.4 Å². The second-order valence-electron chi connectivity index (χ2n) is 6.69. The van der Waals surface area contributed by atoms with Crippen LogP contribution in [0.1, 0.15) is 17.3 Å². The van der Waals surface area contributed by atoms with Gasteiger partial charge in [-0.3, -0.25) is 9.78 Å². The van der Waals surface area contributed by atoms with Gasteiger partial charge in [0.25, 0.3) is 0 Å². The third-order valence-electron chi connectivity index (χ3n) is 4.88. The van der Waals surface area contributed by atoms with E-state index in [0.717, 1.165) is 16.9 Å². The summed E-state index contributed by atoms with van der Waals surface area (Å²) in [6.45, 7) is 3.18. The van der Waals surface area contributed by atoms with Crippen molar-refractivity contribution in [1.29, 1.82) is 0 Å². The summed E-state index contributed by atoms with van der Waals surface area (Å²) in [7, 11) is -3.64. The molecule has 7 nitrogen and oxygen atoms in total. The van der Waals surface area contributed by atoms with Crippen LogP contribution in [0.2, 0.25) is 0 Å². The monoisotopic (exact) mass is 396 g/mol. The maximum Gasteiger partial charge on any atom is 0.243 e. The molecule has 1 aliphatic rings. The molecule has 2 aromatic carbocycles. The van der Waals surface area contributed by atoms with E-state index in [0.29, 0.717) is 31.7 Å². The van der Waals surface area contributed by atoms with Crippen molar-refractivity contribution in [2.75, 3.05) is 31.1 Å². The van der Waals surface area contributed by atoms with E-state index >= 15 is 0 Å². The quantitative estimate of drug-likeness (QED) is 0.630. The average Bonchev–Trinajstić information content (AvgIpc) is 2.73. The van der Waals surface area contributed by atoms with Crippen LogP contribution < -0.4 is 4.90 Å². The van der Waals surface area contributed by atoms with Crippen LogP contribution in [0.25, 0.3) is 11.0 Å². The number of anilines is 1. The van der Waals surface area contributed by atoms with Crippen LogP contribution in [-0.2, 0) is 10.0 Å². The minimum atomic E-state index is -3.64. The molecule has 0 aliphatic carbocycles. The SMILES string of the molecule is CC(=O)c1cccc(S(=O)(=O)N2CCN(c3cnc4ccccc4n3)CC2)c1. The first-order chi connectivity index (χ1) is 13.4. The third-order valence-corrected chi connectivity index (χ3v) is 6.77. The van der Waals surface area contributed by atoms with Crippen molar-refractivity contribution in [1.82, 2.24) is 14.3 Å². The Morgan fingerprint density at radius 2 is 1.68 bits per heavy atom. The Bertz CT molecular complexity index is 1140. The van der Waals surface area contributed by atoms with Crippen molar-refractivity contribution < 1.29 is 13.2 Å². The fraction of sp³-hybridized carbons (Fsp3) is 0.250. The lowest BCUT2D eigenvalue weighted by Gasteiger charge is -2.34. The molecule has 1 aliphatic heterocycles. The number of ketones is 1. The highest BCUT2D eigenvalue weighted by molar-refractivity contribution is 7.89. The van der Waals surface area contributed by atoms with Crippen LogP contribution >= 0.6 is 0 Å².